The molecular formula is C19H27N3O3. The quantitative estimate of drug-likeness (QED) is 0.855. The molecule has 0 aromatic carbocycles. The summed E-state index contributed by atoms with van der Waals surface area (Å²) >= 11 is 0. The van der Waals surface area contributed by atoms with Crippen LogP contribution in [0, 0.1) is 12.8 Å². The minimum absolute atomic E-state index is 0.0360. The molecule has 25 heavy (non-hydrogen) atoms. The predicted octanol–water partition coefficient (Wildman–Crippen LogP) is 1.93. The van der Waals surface area contributed by atoms with Gasteiger partial charge in [0.1, 0.15) is 6.61 Å². The molecular weight excluding hydrogens is 318 g/mol. The van der Waals surface area contributed by atoms with E-state index in [9.17, 15) is 9.59 Å². The largest absolute Gasteiger partial charge is 0.375 e. The summed E-state index contributed by atoms with van der Waals surface area (Å²) in [5.41, 5.74) is 1.23. The number of likely N-dealkylation sites (tertiary alicyclic amines) is 1. The van der Waals surface area contributed by atoms with Crippen molar-refractivity contribution in [3.8, 4) is 0 Å². The standard InChI is InChI=1S/C19H27N3O3/c1-14-16(4-3-9-20-14)18(24)22-10-7-19(8-11-22,12-15-5-6-15)21-17(23)13-25-2/h3-4,9,15H,5-8,10-13H2,1-2H3,(H,21,23). The van der Waals surface area contributed by atoms with Gasteiger partial charge in [0.25, 0.3) is 5.91 Å². The van der Waals surface area contributed by atoms with Crippen molar-refractivity contribution in [2.45, 2.75) is 44.6 Å². The average Bonchev–Trinajstić information content (AvgIpc) is 3.39. The first kappa shape index (κ1) is 17.9. The van der Waals surface area contributed by atoms with Gasteiger partial charge in [0.05, 0.1) is 5.56 Å². The van der Waals surface area contributed by atoms with Gasteiger partial charge in [-0.1, -0.05) is 12.8 Å². The first-order valence-electron chi connectivity index (χ1n) is 9.04. The molecule has 2 aliphatic rings. The SMILES string of the molecule is COCC(=O)NC1(CC2CC2)CCN(C(=O)c2cccnc2C)CC1. The van der Waals surface area contributed by atoms with E-state index in [0.29, 0.717) is 24.6 Å². The van der Waals surface area contributed by atoms with E-state index >= 15 is 0 Å². The third-order valence-electron chi connectivity index (χ3n) is 5.30. The lowest BCUT2D eigenvalue weighted by molar-refractivity contribution is -0.127. The van der Waals surface area contributed by atoms with Crippen LogP contribution in [-0.4, -0.2) is 54.0 Å². The zero-order valence-electron chi connectivity index (χ0n) is 15.1. The van der Waals surface area contributed by atoms with Crippen molar-refractivity contribution >= 4 is 11.8 Å². The molecule has 1 saturated carbocycles. The maximum atomic E-state index is 12.8. The highest BCUT2D eigenvalue weighted by molar-refractivity contribution is 5.95. The van der Waals surface area contributed by atoms with E-state index in [1.807, 2.05) is 17.9 Å². The second-order valence-corrected chi connectivity index (χ2v) is 7.34. The van der Waals surface area contributed by atoms with Crippen LogP contribution in [-0.2, 0) is 9.53 Å². The van der Waals surface area contributed by atoms with Crippen molar-refractivity contribution in [1.29, 1.82) is 0 Å². The summed E-state index contributed by atoms with van der Waals surface area (Å²) < 4.78 is 4.96. The Morgan fingerprint density at radius 3 is 2.68 bits per heavy atom. The number of aryl methyl sites for hydroxylation is 1. The van der Waals surface area contributed by atoms with Crippen LogP contribution in [0.15, 0.2) is 18.3 Å². The van der Waals surface area contributed by atoms with Crippen LogP contribution in [0.4, 0.5) is 0 Å². The number of amides is 2. The van der Waals surface area contributed by atoms with Gasteiger partial charge in [0.15, 0.2) is 0 Å². The molecule has 6 heteroatoms. The van der Waals surface area contributed by atoms with E-state index in [-0.39, 0.29) is 24.0 Å². The first-order chi connectivity index (χ1) is 12.0. The molecule has 2 fully saturated rings. The maximum Gasteiger partial charge on any atom is 0.255 e. The molecule has 1 aromatic rings. The number of hydrogen-bond acceptors (Lipinski definition) is 4. The van der Waals surface area contributed by atoms with Crippen LogP contribution in [0.3, 0.4) is 0 Å². The molecule has 0 bridgehead atoms. The summed E-state index contributed by atoms with van der Waals surface area (Å²) in [5, 5.41) is 3.20. The van der Waals surface area contributed by atoms with Crippen LogP contribution in [0.25, 0.3) is 0 Å². The van der Waals surface area contributed by atoms with Gasteiger partial charge in [0, 0.05) is 37.6 Å². The second-order valence-electron chi connectivity index (χ2n) is 7.34. The van der Waals surface area contributed by atoms with Gasteiger partial charge in [-0.15, -0.1) is 0 Å². The molecule has 2 amide bonds. The number of nitrogens with zero attached hydrogens (tertiary/aromatic N) is 2. The van der Waals surface area contributed by atoms with Gasteiger partial charge < -0.3 is 15.0 Å². The number of carbonyl (C=O) groups excluding carboxylic acids is 2. The third-order valence-corrected chi connectivity index (χ3v) is 5.30. The van der Waals surface area contributed by atoms with E-state index in [1.165, 1.54) is 20.0 Å². The average molecular weight is 345 g/mol. The Labute approximate surface area is 148 Å². The molecule has 136 valence electrons. The molecule has 0 spiro atoms. The predicted molar refractivity (Wildman–Crippen MR) is 94.2 cm³/mol. The fraction of sp³-hybridized carbons (Fsp3) is 0.632. The number of pyridine rings is 1. The molecule has 1 aliphatic carbocycles. The topological polar surface area (TPSA) is 71.5 Å². The van der Waals surface area contributed by atoms with E-state index in [2.05, 4.69) is 10.3 Å². The fourth-order valence-corrected chi connectivity index (χ4v) is 3.74. The third kappa shape index (κ3) is 4.37. The lowest BCUT2D eigenvalue weighted by Crippen LogP contribution is -2.57. The Morgan fingerprint density at radius 1 is 1.36 bits per heavy atom. The van der Waals surface area contributed by atoms with Gasteiger partial charge in [0.2, 0.25) is 5.91 Å². The summed E-state index contributed by atoms with van der Waals surface area (Å²) in [7, 11) is 1.53. The summed E-state index contributed by atoms with van der Waals surface area (Å²) in [6, 6.07) is 3.63. The van der Waals surface area contributed by atoms with Crippen molar-refractivity contribution in [2.24, 2.45) is 5.92 Å². The van der Waals surface area contributed by atoms with Crippen molar-refractivity contribution in [3.63, 3.8) is 0 Å². The summed E-state index contributed by atoms with van der Waals surface area (Å²) in [6.45, 7) is 3.27. The van der Waals surface area contributed by atoms with Gasteiger partial charge >= 0.3 is 0 Å². The van der Waals surface area contributed by atoms with E-state index in [0.717, 1.165) is 25.0 Å². The molecule has 6 nitrogen and oxygen atoms in total. The molecule has 0 atom stereocenters. The number of nitrogens with one attached hydrogen (secondary N) is 1. The lowest BCUT2D eigenvalue weighted by atomic mass is 9.82. The zero-order chi connectivity index (χ0) is 17.9. The molecule has 0 unspecified atom stereocenters. The Bertz CT molecular complexity index is 635. The van der Waals surface area contributed by atoms with E-state index in [1.54, 1.807) is 12.3 Å². The van der Waals surface area contributed by atoms with Gasteiger partial charge in [-0.2, -0.15) is 0 Å². The molecule has 0 radical (unpaired) electrons. The number of ether oxygens (including phenoxy) is 1. The minimum Gasteiger partial charge on any atom is -0.375 e. The minimum atomic E-state index is -0.197. The molecule has 1 aliphatic heterocycles. The first-order valence-corrected chi connectivity index (χ1v) is 9.04. The van der Waals surface area contributed by atoms with Crippen LogP contribution in [0.1, 0.15) is 48.2 Å². The lowest BCUT2D eigenvalue weighted by Gasteiger charge is -2.42. The Hall–Kier alpha value is -1.95. The van der Waals surface area contributed by atoms with E-state index in [4.69, 9.17) is 4.74 Å². The smallest absolute Gasteiger partial charge is 0.255 e. The van der Waals surface area contributed by atoms with Crippen LogP contribution in [0.5, 0.6) is 0 Å². The van der Waals surface area contributed by atoms with Crippen molar-refractivity contribution < 1.29 is 14.3 Å². The zero-order valence-corrected chi connectivity index (χ0v) is 15.1. The van der Waals surface area contributed by atoms with E-state index < -0.39 is 0 Å². The van der Waals surface area contributed by atoms with Crippen LogP contribution < -0.4 is 5.32 Å². The Morgan fingerprint density at radius 2 is 2.08 bits per heavy atom. The highest BCUT2D eigenvalue weighted by Crippen LogP contribution is 2.40. The summed E-state index contributed by atoms with van der Waals surface area (Å²) in [5.74, 6) is 0.686. The number of rotatable bonds is 6. The van der Waals surface area contributed by atoms with Gasteiger partial charge in [-0.3, -0.25) is 14.6 Å². The molecule has 2 heterocycles. The number of piperidine rings is 1. The molecule has 1 aromatic heterocycles. The van der Waals surface area contributed by atoms with Gasteiger partial charge in [-0.05, 0) is 44.2 Å². The van der Waals surface area contributed by atoms with Crippen LogP contribution in [0.2, 0.25) is 0 Å². The molecule has 3 rings (SSSR count). The normalized spacial score (nSPS) is 19.5. The number of aromatic nitrogens is 1. The highest BCUT2D eigenvalue weighted by Gasteiger charge is 2.41. The van der Waals surface area contributed by atoms with Gasteiger partial charge in [-0.25, -0.2) is 0 Å². The van der Waals surface area contributed by atoms with Crippen molar-refractivity contribution in [2.75, 3.05) is 26.8 Å². The number of carbonyl (C=O) groups is 2. The second kappa shape index (κ2) is 7.52. The summed E-state index contributed by atoms with van der Waals surface area (Å²) in [4.78, 5) is 30.9. The maximum absolute atomic E-state index is 12.8. The summed E-state index contributed by atoms with van der Waals surface area (Å²) in [6.07, 6.45) is 6.80. The molecule has 1 N–H and O–H groups in total. The number of hydrogen-bond donors (Lipinski definition) is 1. The number of methoxy groups -OCH3 is 1. The highest BCUT2D eigenvalue weighted by atomic mass is 16.5. The Balaban J connectivity index is 1.65. The molecule has 1 saturated heterocycles. The monoisotopic (exact) mass is 345 g/mol. The van der Waals surface area contributed by atoms with Crippen LogP contribution >= 0.6 is 0 Å². The van der Waals surface area contributed by atoms with Crippen molar-refractivity contribution in [3.05, 3.63) is 29.6 Å². The Kier molecular flexibility index (Phi) is 5.37. The fourth-order valence-electron chi connectivity index (χ4n) is 3.74. The van der Waals surface area contributed by atoms with Crippen molar-refractivity contribution in [1.82, 2.24) is 15.2 Å².